The van der Waals surface area contributed by atoms with E-state index in [2.05, 4.69) is 40.3 Å². The lowest BCUT2D eigenvalue weighted by Gasteiger charge is -2.26. The smallest absolute Gasteiger partial charge is 0.220 e. The lowest BCUT2D eigenvalue weighted by Crippen LogP contribution is -2.41. The molecule has 0 fully saturated rings. The van der Waals surface area contributed by atoms with E-state index < -0.39 is 0 Å². The molecule has 6 heteroatoms. The molecule has 5 aromatic rings. The van der Waals surface area contributed by atoms with E-state index in [1.165, 1.54) is 17.7 Å². The second kappa shape index (κ2) is 11.7. The average Bonchev–Trinajstić information content (AvgIpc) is 3.35. The molecule has 0 aliphatic carbocycles. The summed E-state index contributed by atoms with van der Waals surface area (Å²) in [6.07, 6.45) is 2.98. The van der Waals surface area contributed by atoms with Crippen LogP contribution in [-0.2, 0) is 17.8 Å². The Labute approximate surface area is 233 Å². The number of rotatable bonds is 9. The molecule has 5 nitrogen and oxygen atoms in total. The molecule has 202 valence electrons. The minimum atomic E-state index is -0.246. The topological polar surface area (TPSA) is 52.5 Å². The predicted octanol–water partition coefficient (Wildman–Crippen LogP) is 6.50. The number of para-hydroxylation sites is 3. The van der Waals surface area contributed by atoms with E-state index >= 15 is 0 Å². The van der Waals surface area contributed by atoms with Gasteiger partial charge in [0.2, 0.25) is 5.91 Å². The van der Waals surface area contributed by atoms with Crippen LogP contribution in [0.25, 0.3) is 10.9 Å². The zero-order valence-electron chi connectivity index (χ0n) is 22.1. The molecular weight excluding hydrogens is 503 g/mol. The Morgan fingerprint density at radius 2 is 1.60 bits per heavy atom. The van der Waals surface area contributed by atoms with Gasteiger partial charge in [-0.05, 0) is 59.4 Å². The molecule has 0 radical (unpaired) electrons. The first-order chi connectivity index (χ1) is 19.6. The summed E-state index contributed by atoms with van der Waals surface area (Å²) >= 11 is 0. The van der Waals surface area contributed by atoms with Crippen LogP contribution in [0.4, 0.5) is 4.39 Å². The first-order valence-corrected chi connectivity index (χ1v) is 13.6. The monoisotopic (exact) mass is 534 g/mol. The molecule has 1 aromatic heterocycles. The van der Waals surface area contributed by atoms with Gasteiger partial charge in [-0.2, -0.15) is 0 Å². The number of nitrogens with one attached hydrogen (secondary N) is 1. The molecule has 0 saturated heterocycles. The number of aromatic nitrogens is 1. The van der Waals surface area contributed by atoms with Crippen molar-refractivity contribution in [2.45, 2.75) is 31.4 Å². The van der Waals surface area contributed by atoms with E-state index in [-0.39, 0.29) is 23.7 Å². The zero-order chi connectivity index (χ0) is 27.3. The van der Waals surface area contributed by atoms with Gasteiger partial charge in [-0.1, -0.05) is 72.8 Å². The number of amides is 1. The van der Waals surface area contributed by atoms with Gasteiger partial charge in [-0.25, -0.2) is 4.39 Å². The van der Waals surface area contributed by atoms with Crippen molar-refractivity contribution in [1.29, 1.82) is 0 Å². The lowest BCUT2D eigenvalue weighted by molar-refractivity contribution is -0.122. The van der Waals surface area contributed by atoms with Crippen LogP contribution in [0.2, 0.25) is 0 Å². The highest BCUT2D eigenvalue weighted by atomic mass is 19.1. The molecular formula is C34H31FN2O3. The van der Waals surface area contributed by atoms with Crippen LogP contribution in [0, 0.1) is 5.82 Å². The highest BCUT2D eigenvalue weighted by Crippen LogP contribution is 2.34. The molecule has 40 heavy (non-hydrogen) atoms. The zero-order valence-corrected chi connectivity index (χ0v) is 22.1. The van der Waals surface area contributed by atoms with Crippen LogP contribution >= 0.6 is 0 Å². The van der Waals surface area contributed by atoms with Crippen molar-refractivity contribution in [3.8, 4) is 11.5 Å². The minimum Gasteiger partial charge on any atom is -0.486 e. The highest BCUT2D eigenvalue weighted by Gasteiger charge is 2.24. The van der Waals surface area contributed by atoms with Gasteiger partial charge in [-0.3, -0.25) is 4.79 Å². The van der Waals surface area contributed by atoms with Crippen molar-refractivity contribution in [2.24, 2.45) is 0 Å². The summed E-state index contributed by atoms with van der Waals surface area (Å²) in [7, 11) is 0. The Morgan fingerprint density at radius 1 is 0.875 bits per heavy atom. The van der Waals surface area contributed by atoms with Crippen molar-refractivity contribution in [2.75, 3.05) is 13.2 Å². The third-order valence-corrected chi connectivity index (χ3v) is 7.38. The molecule has 6 rings (SSSR count). The summed E-state index contributed by atoms with van der Waals surface area (Å²) in [5, 5.41) is 4.21. The summed E-state index contributed by atoms with van der Waals surface area (Å²) in [5.74, 6) is 1.11. The fraction of sp³-hybridized carbons (Fsp3) is 0.206. The Kier molecular flexibility index (Phi) is 7.49. The normalized spacial score (nSPS) is 15.1. The van der Waals surface area contributed by atoms with Crippen LogP contribution in [-0.4, -0.2) is 29.7 Å². The van der Waals surface area contributed by atoms with Gasteiger partial charge < -0.3 is 19.4 Å². The molecule has 2 heterocycles. The quantitative estimate of drug-likeness (QED) is 0.235. The van der Waals surface area contributed by atoms with E-state index in [4.69, 9.17) is 9.47 Å². The first kappa shape index (κ1) is 25.7. The molecule has 0 bridgehead atoms. The Balaban J connectivity index is 1.23. The average molecular weight is 535 g/mol. The van der Waals surface area contributed by atoms with Gasteiger partial charge in [0.25, 0.3) is 0 Å². The lowest BCUT2D eigenvalue weighted by atomic mass is 9.88. The molecule has 1 N–H and O–H groups in total. The molecule has 0 unspecified atom stereocenters. The molecule has 0 saturated carbocycles. The fourth-order valence-corrected chi connectivity index (χ4v) is 5.40. The van der Waals surface area contributed by atoms with Crippen molar-refractivity contribution in [3.63, 3.8) is 0 Å². The van der Waals surface area contributed by atoms with Crippen molar-refractivity contribution in [3.05, 3.63) is 132 Å². The van der Waals surface area contributed by atoms with Crippen LogP contribution in [0.5, 0.6) is 11.5 Å². The Bertz CT molecular complexity index is 1600. The van der Waals surface area contributed by atoms with E-state index in [0.717, 1.165) is 34.2 Å². The van der Waals surface area contributed by atoms with Gasteiger partial charge in [0.1, 0.15) is 18.5 Å². The number of halogens is 1. The summed E-state index contributed by atoms with van der Waals surface area (Å²) in [5.41, 5.74) is 4.41. The Hall–Kier alpha value is -4.58. The molecule has 1 amide bonds. The van der Waals surface area contributed by atoms with Crippen LogP contribution in [0.1, 0.15) is 29.0 Å². The van der Waals surface area contributed by atoms with Gasteiger partial charge in [-0.15, -0.1) is 0 Å². The van der Waals surface area contributed by atoms with Crippen molar-refractivity contribution < 1.29 is 18.7 Å². The third kappa shape index (κ3) is 5.86. The summed E-state index contributed by atoms with van der Waals surface area (Å²) < 4.78 is 27.5. The highest BCUT2D eigenvalue weighted by molar-refractivity contribution is 5.86. The van der Waals surface area contributed by atoms with E-state index in [1.54, 1.807) is 0 Å². The summed E-state index contributed by atoms with van der Waals surface area (Å²) in [6, 6.07) is 32.7. The van der Waals surface area contributed by atoms with Crippen LogP contribution in [0.15, 0.2) is 109 Å². The van der Waals surface area contributed by atoms with Gasteiger partial charge in [0, 0.05) is 30.1 Å². The van der Waals surface area contributed by atoms with Crippen LogP contribution < -0.4 is 14.8 Å². The third-order valence-electron chi connectivity index (χ3n) is 7.38. The molecule has 0 spiro atoms. The maximum Gasteiger partial charge on any atom is 0.220 e. The Morgan fingerprint density at radius 3 is 2.42 bits per heavy atom. The fourth-order valence-electron chi connectivity index (χ4n) is 5.40. The number of nitrogens with zero attached hydrogens (tertiary/aromatic N) is 1. The van der Waals surface area contributed by atoms with E-state index in [9.17, 15) is 9.18 Å². The largest absolute Gasteiger partial charge is 0.486 e. The van der Waals surface area contributed by atoms with E-state index in [1.807, 2.05) is 66.7 Å². The minimum absolute atomic E-state index is 0.0289. The van der Waals surface area contributed by atoms with Crippen LogP contribution in [0.3, 0.4) is 0 Å². The molecule has 4 aromatic carbocycles. The van der Waals surface area contributed by atoms with Crippen molar-refractivity contribution in [1.82, 2.24) is 9.88 Å². The summed E-state index contributed by atoms with van der Waals surface area (Å²) in [4.78, 5) is 13.3. The van der Waals surface area contributed by atoms with Gasteiger partial charge in [0.05, 0.1) is 6.54 Å². The maximum atomic E-state index is 13.5. The van der Waals surface area contributed by atoms with Gasteiger partial charge >= 0.3 is 0 Å². The SMILES string of the molecule is O=C(C[C@@H](Cc1ccccc1)c1cn(Cc2ccc(F)cc2)c2ccccc12)NC[C@@H]1COc2ccccc2O1. The number of carbonyl (C=O) groups excluding carboxylic acids is 1. The number of benzene rings is 4. The molecule has 2 atom stereocenters. The van der Waals surface area contributed by atoms with Gasteiger partial charge in [0.15, 0.2) is 11.5 Å². The number of ether oxygens (including phenoxy) is 2. The maximum absolute atomic E-state index is 13.5. The number of carbonyl (C=O) groups is 1. The standard InChI is InChI=1S/C34H31FN2O3/c35-27-16-14-25(15-17-27)21-37-22-30(29-10-4-5-11-31(29)37)26(18-24-8-2-1-3-9-24)19-34(38)36-20-28-23-39-32-12-6-7-13-33(32)40-28/h1-17,22,26,28H,18-21,23H2,(H,36,38)/t26-,28-/m1/s1. The molecule has 1 aliphatic rings. The van der Waals surface area contributed by atoms with Crippen molar-refractivity contribution >= 4 is 16.8 Å². The predicted molar refractivity (Wildman–Crippen MR) is 154 cm³/mol. The molecule has 1 aliphatic heterocycles. The van der Waals surface area contributed by atoms with E-state index in [0.29, 0.717) is 31.9 Å². The number of hydrogen-bond acceptors (Lipinski definition) is 3. The second-order valence-corrected chi connectivity index (χ2v) is 10.2. The number of fused-ring (bicyclic) bond motifs is 2. The summed E-state index contributed by atoms with van der Waals surface area (Å²) in [6.45, 7) is 1.38. The second-order valence-electron chi connectivity index (χ2n) is 10.2. The number of hydrogen-bond donors (Lipinski definition) is 1. The first-order valence-electron chi connectivity index (χ1n) is 13.6.